The molecule has 3 heterocycles. The minimum atomic E-state index is -1.98. The van der Waals surface area contributed by atoms with Gasteiger partial charge in [0.25, 0.3) is 0 Å². The zero-order chi connectivity index (χ0) is 43.7. The summed E-state index contributed by atoms with van der Waals surface area (Å²) in [5, 5.41) is 59.4. The number of ether oxygens (including phenoxy) is 7. The van der Waals surface area contributed by atoms with Gasteiger partial charge in [-0.2, -0.15) is 0 Å². The van der Waals surface area contributed by atoms with Crippen molar-refractivity contribution in [3.05, 3.63) is 0 Å². The minimum Gasteiger partial charge on any atom is -0.459 e. The third-order valence-electron chi connectivity index (χ3n) is 13.9. The van der Waals surface area contributed by atoms with Gasteiger partial charge in [0.05, 0.1) is 53.7 Å². The molecular weight excluding hydrogens is 756 g/mol. The van der Waals surface area contributed by atoms with Crippen LogP contribution in [0.5, 0.6) is 0 Å². The molecule has 1 saturated carbocycles. The van der Waals surface area contributed by atoms with Gasteiger partial charge in [-0.25, -0.2) is 0 Å². The number of esters is 1. The van der Waals surface area contributed by atoms with Gasteiger partial charge >= 0.3 is 5.97 Å². The van der Waals surface area contributed by atoms with Crippen molar-refractivity contribution in [2.45, 2.75) is 211 Å². The standard InChI is InChI=1S/C42H76N2O14/c1-13-29-42(10,51)35(47)23(4)33(53-20-30(43)45)21(2)18-40(8,50)37(58-39-32(46)28(17-22(3)54-39)44(11)27-15-14-16-27)24(5)34(25(6)38(49)56-29)57-31-19-41(9,52-12)36(48)26(7)55-31/h21-29,31-37,39,46-48,50-51H,13-20H2,1-12H3,(H2,43,45)/t21-,22-,23+,24+,25-,26+,28+,29-,31+,32-,33+,34+,35-,36+,37-,39+,40-,41-,42-/m1/s1. The maximum Gasteiger partial charge on any atom is 0.311 e. The second kappa shape index (κ2) is 19.7. The maximum atomic E-state index is 14.3. The minimum absolute atomic E-state index is 0.0396. The number of hydrogen-bond acceptors (Lipinski definition) is 15. The van der Waals surface area contributed by atoms with Crippen LogP contribution in [0.2, 0.25) is 0 Å². The molecule has 0 spiro atoms. The number of cyclic esters (lactones) is 1. The second-order valence-electron chi connectivity index (χ2n) is 18.7. The summed E-state index contributed by atoms with van der Waals surface area (Å²) in [6.07, 6.45) is -7.30. The van der Waals surface area contributed by atoms with Crippen LogP contribution in [0.3, 0.4) is 0 Å². The number of aliphatic hydroxyl groups is 5. The molecule has 4 rings (SSSR count). The Kier molecular flexibility index (Phi) is 16.7. The van der Waals surface area contributed by atoms with E-state index in [-0.39, 0.29) is 31.4 Å². The number of carbonyl (C=O) groups excluding carboxylic acids is 2. The highest BCUT2D eigenvalue weighted by molar-refractivity contribution is 5.75. The van der Waals surface area contributed by atoms with Crippen molar-refractivity contribution in [1.82, 2.24) is 4.90 Å². The maximum absolute atomic E-state index is 14.3. The Morgan fingerprint density at radius 1 is 0.931 bits per heavy atom. The van der Waals surface area contributed by atoms with Crippen LogP contribution in [0.1, 0.15) is 114 Å². The number of nitrogens with two attached hydrogens (primary N) is 1. The van der Waals surface area contributed by atoms with Crippen LogP contribution < -0.4 is 5.73 Å². The lowest BCUT2D eigenvalue weighted by Crippen LogP contribution is -2.62. The lowest BCUT2D eigenvalue weighted by Gasteiger charge is -2.50. The first-order valence-corrected chi connectivity index (χ1v) is 21.4. The Labute approximate surface area is 345 Å². The van der Waals surface area contributed by atoms with Crippen molar-refractivity contribution in [3.63, 3.8) is 0 Å². The monoisotopic (exact) mass is 833 g/mol. The lowest BCUT2D eigenvalue weighted by molar-refractivity contribution is -0.319. The Morgan fingerprint density at radius 3 is 2.12 bits per heavy atom. The average Bonchev–Trinajstić information content (AvgIpc) is 3.12. The van der Waals surface area contributed by atoms with Crippen molar-refractivity contribution in [1.29, 1.82) is 0 Å². The summed E-state index contributed by atoms with van der Waals surface area (Å²) in [6, 6.07) is 0.0321. The predicted molar refractivity (Wildman–Crippen MR) is 212 cm³/mol. The summed E-state index contributed by atoms with van der Waals surface area (Å²) in [5.74, 6) is -4.88. The molecule has 3 aliphatic heterocycles. The normalized spacial score (nSPS) is 47.9. The van der Waals surface area contributed by atoms with Crippen molar-refractivity contribution in [2.75, 3.05) is 20.8 Å². The quantitative estimate of drug-likeness (QED) is 0.164. The van der Waals surface area contributed by atoms with Crippen LogP contribution in [0.4, 0.5) is 0 Å². The molecule has 16 nitrogen and oxygen atoms in total. The highest BCUT2D eigenvalue weighted by atomic mass is 16.7. The Morgan fingerprint density at radius 2 is 1.57 bits per heavy atom. The fraction of sp³-hybridized carbons (Fsp3) is 0.952. The number of carbonyl (C=O) groups is 2. The van der Waals surface area contributed by atoms with Crippen molar-refractivity contribution in [3.8, 4) is 0 Å². The van der Waals surface area contributed by atoms with Crippen LogP contribution in [0, 0.1) is 23.7 Å². The van der Waals surface area contributed by atoms with E-state index < -0.39 is 120 Å². The topological polar surface area (TPSA) is 229 Å². The average molecular weight is 833 g/mol. The predicted octanol–water partition coefficient (Wildman–Crippen LogP) is 2.01. The number of likely N-dealkylation sites (N-methyl/N-ethyl adjacent to an activating group) is 1. The van der Waals surface area contributed by atoms with Crippen molar-refractivity contribution >= 4 is 11.9 Å². The summed E-state index contributed by atoms with van der Waals surface area (Å²) in [5.41, 5.74) is 0.673. The molecule has 0 bridgehead atoms. The van der Waals surface area contributed by atoms with Crippen LogP contribution >= 0.6 is 0 Å². The zero-order valence-electron chi connectivity index (χ0n) is 36.9. The number of aliphatic hydroxyl groups excluding tert-OH is 3. The summed E-state index contributed by atoms with van der Waals surface area (Å²) < 4.78 is 43.9. The molecule has 0 radical (unpaired) electrons. The molecule has 0 unspecified atom stereocenters. The third kappa shape index (κ3) is 10.7. The molecule has 338 valence electrons. The van der Waals surface area contributed by atoms with E-state index >= 15 is 0 Å². The number of rotatable bonds is 11. The summed E-state index contributed by atoms with van der Waals surface area (Å²) in [7, 11) is 3.49. The zero-order valence-corrected chi connectivity index (χ0v) is 36.9. The Hall–Kier alpha value is -1.54. The molecule has 0 aromatic heterocycles. The van der Waals surface area contributed by atoms with E-state index in [9.17, 15) is 35.1 Å². The molecule has 1 aliphatic carbocycles. The molecule has 16 heteroatoms. The summed E-state index contributed by atoms with van der Waals surface area (Å²) in [6.45, 7) is 16.4. The molecular formula is C42H76N2O14. The smallest absolute Gasteiger partial charge is 0.311 e. The molecule has 3 saturated heterocycles. The van der Waals surface area contributed by atoms with Gasteiger partial charge in [0.1, 0.15) is 30.5 Å². The van der Waals surface area contributed by atoms with Gasteiger partial charge in [0, 0.05) is 37.5 Å². The van der Waals surface area contributed by atoms with Gasteiger partial charge < -0.3 is 64.4 Å². The van der Waals surface area contributed by atoms with Crippen LogP contribution in [-0.4, -0.2) is 159 Å². The molecule has 4 aliphatic rings. The molecule has 0 aromatic rings. The highest BCUT2D eigenvalue weighted by Crippen LogP contribution is 2.42. The molecule has 19 atom stereocenters. The van der Waals surface area contributed by atoms with Crippen LogP contribution in [0.25, 0.3) is 0 Å². The van der Waals surface area contributed by atoms with Gasteiger partial charge in [-0.1, -0.05) is 34.1 Å². The van der Waals surface area contributed by atoms with Gasteiger partial charge in [-0.05, 0) is 86.6 Å². The van der Waals surface area contributed by atoms with E-state index in [2.05, 4.69) is 4.90 Å². The number of amides is 1. The number of methoxy groups -OCH3 is 1. The lowest BCUT2D eigenvalue weighted by atomic mass is 9.73. The van der Waals surface area contributed by atoms with Gasteiger partial charge in [0.2, 0.25) is 5.91 Å². The first-order chi connectivity index (χ1) is 26.9. The van der Waals surface area contributed by atoms with Crippen LogP contribution in [0.15, 0.2) is 0 Å². The largest absolute Gasteiger partial charge is 0.459 e. The Bertz CT molecular complexity index is 1350. The molecule has 1 amide bonds. The first-order valence-electron chi connectivity index (χ1n) is 21.4. The number of primary amides is 1. The Balaban J connectivity index is 1.85. The van der Waals surface area contributed by atoms with E-state index in [0.717, 1.165) is 19.3 Å². The molecule has 0 aromatic carbocycles. The van der Waals surface area contributed by atoms with E-state index in [1.807, 2.05) is 14.0 Å². The number of hydrogen-bond donors (Lipinski definition) is 6. The fourth-order valence-corrected chi connectivity index (χ4v) is 10.0. The third-order valence-corrected chi connectivity index (χ3v) is 13.9. The van der Waals surface area contributed by atoms with Gasteiger partial charge in [-0.3, -0.25) is 14.5 Å². The van der Waals surface area contributed by atoms with Crippen LogP contribution in [-0.2, 0) is 42.7 Å². The van der Waals surface area contributed by atoms with Gasteiger partial charge in [0.15, 0.2) is 12.6 Å². The SMILES string of the molecule is CC[C@H]1OC(=O)[C@H](C)[C@@H](O[C@H]2C[C@@](C)(OC)[C@@H](O)[C@H](C)O2)[C@H](C)[C@@H](O[C@@H]2O[C@H](C)C[C@H](N(C)C3CCC3)[C@H]2O)[C@](C)(O)C[C@@H](C)[C@H](OCC(N)=O)[C@H](C)[C@@H](O)[C@]1(C)O. The van der Waals surface area contributed by atoms with E-state index in [4.69, 9.17) is 38.9 Å². The van der Waals surface area contributed by atoms with Crippen molar-refractivity contribution in [2.24, 2.45) is 29.4 Å². The van der Waals surface area contributed by atoms with E-state index in [0.29, 0.717) is 12.5 Å². The molecule has 7 N–H and O–H groups in total. The molecule has 4 fully saturated rings. The van der Waals surface area contributed by atoms with E-state index in [1.54, 1.807) is 55.4 Å². The number of nitrogens with zero attached hydrogens (tertiary/aromatic N) is 1. The fourth-order valence-electron chi connectivity index (χ4n) is 10.0. The second-order valence-corrected chi connectivity index (χ2v) is 18.7. The summed E-state index contributed by atoms with van der Waals surface area (Å²) in [4.78, 5) is 28.5. The van der Waals surface area contributed by atoms with Gasteiger partial charge in [-0.15, -0.1) is 0 Å². The van der Waals surface area contributed by atoms with E-state index in [1.165, 1.54) is 14.0 Å². The van der Waals surface area contributed by atoms with Crippen molar-refractivity contribution < 1.29 is 68.3 Å². The molecule has 58 heavy (non-hydrogen) atoms. The highest BCUT2D eigenvalue weighted by Gasteiger charge is 2.54. The first kappa shape index (κ1) is 49.1. The summed E-state index contributed by atoms with van der Waals surface area (Å²) >= 11 is 0.